The van der Waals surface area contributed by atoms with Crippen molar-refractivity contribution in [1.82, 2.24) is 9.97 Å². The SMILES string of the molecule is Fc1cccc(Sc2nc3ccccc3nc2C(Cl)(Cl)Cl)c1. The largest absolute Gasteiger partial charge is 0.244 e. The first-order valence-corrected chi connectivity index (χ1v) is 8.16. The van der Waals surface area contributed by atoms with E-state index in [4.69, 9.17) is 34.8 Å². The summed E-state index contributed by atoms with van der Waals surface area (Å²) in [5.41, 5.74) is 1.54. The van der Waals surface area contributed by atoms with Crippen molar-refractivity contribution in [3.05, 3.63) is 60.0 Å². The first-order chi connectivity index (χ1) is 10.4. The Morgan fingerprint density at radius 3 is 2.23 bits per heavy atom. The predicted molar refractivity (Wildman–Crippen MR) is 89.3 cm³/mol. The van der Waals surface area contributed by atoms with Gasteiger partial charge in [-0.05, 0) is 30.3 Å². The van der Waals surface area contributed by atoms with E-state index >= 15 is 0 Å². The second kappa shape index (κ2) is 6.20. The van der Waals surface area contributed by atoms with Gasteiger partial charge in [0.25, 0.3) is 0 Å². The van der Waals surface area contributed by atoms with E-state index in [0.717, 1.165) is 0 Å². The number of benzene rings is 2. The van der Waals surface area contributed by atoms with Crippen LogP contribution in [0.1, 0.15) is 5.69 Å². The molecule has 0 amide bonds. The normalized spacial score (nSPS) is 11.8. The highest BCUT2D eigenvalue weighted by Gasteiger charge is 2.30. The van der Waals surface area contributed by atoms with Crippen LogP contribution in [0.15, 0.2) is 58.5 Å². The van der Waals surface area contributed by atoms with Crippen LogP contribution in [0.3, 0.4) is 0 Å². The zero-order valence-corrected chi connectivity index (χ0v) is 14.0. The lowest BCUT2D eigenvalue weighted by molar-refractivity contribution is 0.624. The Balaban J connectivity index is 2.13. The van der Waals surface area contributed by atoms with E-state index in [0.29, 0.717) is 21.0 Å². The summed E-state index contributed by atoms with van der Waals surface area (Å²) >= 11 is 19.2. The van der Waals surface area contributed by atoms with E-state index in [1.165, 1.54) is 23.9 Å². The molecule has 0 saturated carbocycles. The van der Waals surface area contributed by atoms with Gasteiger partial charge in [-0.2, -0.15) is 0 Å². The number of rotatable bonds is 2. The van der Waals surface area contributed by atoms with E-state index < -0.39 is 3.79 Å². The molecular formula is C15H8Cl3FN2S. The van der Waals surface area contributed by atoms with Crippen LogP contribution >= 0.6 is 46.6 Å². The average molecular weight is 374 g/mol. The Morgan fingerprint density at radius 2 is 1.59 bits per heavy atom. The molecule has 0 unspecified atom stereocenters. The molecule has 0 atom stereocenters. The summed E-state index contributed by atoms with van der Waals surface area (Å²) in [6, 6.07) is 13.4. The molecule has 1 heterocycles. The van der Waals surface area contributed by atoms with Crippen molar-refractivity contribution in [2.24, 2.45) is 0 Å². The molecule has 0 aliphatic heterocycles. The summed E-state index contributed by atoms with van der Waals surface area (Å²) < 4.78 is 11.6. The molecule has 0 aliphatic rings. The highest BCUT2D eigenvalue weighted by atomic mass is 35.6. The zero-order chi connectivity index (χ0) is 15.7. The molecule has 0 radical (unpaired) electrons. The molecule has 2 aromatic carbocycles. The first kappa shape index (κ1) is 15.8. The Kier molecular flexibility index (Phi) is 4.46. The number of fused-ring (bicyclic) bond motifs is 1. The van der Waals surface area contributed by atoms with E-state index in [1.54, 1.807) is 18.2 Å². The minimum Gasteiger partial charge on any atom is -0.244 e. The summed E-state index contributed by atoms with van der Waals surface area (Å²) in [5, 5.41) is 0.435. The molecule has 0 fully saturated rings. The second-order valence-corrected chi connectivity index (χ2v) is 7.77. The monoisotopic (exact) mass is 372 g/mol. The number of aromatic nitrogens is 2. The number of halogens is 4. The highest BCUT2D eigenvalue weighted by Crippen LogP contribution is 2.43. The molecule has 0 aliphatic carbocycles. The van der Waals surface area contributed by atoms with E-state index in [-0.39, 0.29) is 11.5 Å². The Hall–Kier alpha value is -1.07. The third-order valence-corrected chi connectivity index (χ3v) is 4.32. The third kappa shape index (κ3) is 3.46. The maximum absolute atomic E-state index is 13.3. The maximum atomic E-state index is 13.3. The molecule has 2 nitrogen and oxygen atoms in total. The van der Waals surface area contributed by atoms with E-state index in [9.17, 15) is 4.39 Å². The van der Waals surface area contributed by atoms with Crippen molar-refractivity contribution >= 4 is 57.6 Å². The molecule has 0 spiro atoms. The number of para-hydroxylation sites is 2. The fraction of sp³-hybridized carbons (Fsp3) is 0.0667. The van der Waals surface area contributed by atoms with Crippen LogP contribution in [-0.4, -0.2) is 9.97 Å². The van der Waals surface area contributed by atoms with Crippen LogP contribution in [-0.2, 0) is 3.79 Å². The summed E-state index contributed by atoms with van der Waals surface area (Å²) in [4.78, 5) is 9.54. The van der Waals surface area contributed by atoms with Gasteiger partial charge in [-0.3, -0.25) is 0 Å². The molecule has 1 aromatic heterocycles. The summed E-state index contributed by atoms with van der Waals surface area (Å²) in [6.07, 6.45) is 0. The molecule has 3 rings (SSSR count). The molecule has 112 valence electrons. The van der Waals surface area contributed by atoms with Crippen molar-refractivity contribution in [2.75, 3.05) is 0 Å². The summed E-state index contributed by atoms with van der Waals surface area (Å²) in [5.74, 6) is -0.339. The van der Waals surface area contributed by atoms with Gasteiger partial charge in [-0.25, -0.2) is 14.4 Å². The van der Waals surface area contributed by atoms with Crippen LogP contribution in [0, 0.1) is 5.82 Å². The minimum absolute atomic E-state index is 0.227. The molecule has 22 heavy (non-hydrogen) atoms. The molecule has 0 saturated heterocycles. The van der Waals surface area contributed by atoms with Crippen LogP contribution < -0.4 is 0 Å². The lowest BCUT2D eigenvalue weighted by atomic mass is 10.3. The summed E-state index contributed by atoms with van der Waals surface area (Å²) in [6.45, 7) is 0. The first-order valence-electron chi connectivity index (χ1n) is 6.21. The number of hydrogen-bond acceptors (Lipinski definition) is 3. The molecular weight excluding hydrogens is 366 g/mol. The smallest absolute Gasteiger partial charge is 0.235 e. The van der Waals surface area contributed by atoms with Gasteiger partial charge >= 0.3 is 0 Å². The van der Waals surface area contributed by atoms with Crippen molar-refractivity contribution in [3.8, 4) is 0 Å². The number of alkyl halides is 3. The molecule has 3 aromatic rings. The zero-order valence-electron chi connectivity index (χ0n) is 10.9. The molecule has 7 heteroatoms. The van der Waals surface area contributed by atoms with Gasteiger partial charge in [-0.1, -0.05) is 64.8 Å². The van der Waals surface area contributed by atoms with Crippen molar-refractivity contribution < 1.29 is 4.39 Å². The standard InChI is InChI=1S/C15H8Cl3FN2S/c16-15(17,18)13-14(22-10-5-3-4-9(19)8-10)21-12-7-2-1-6-11(12)20-13/h1-8H. The van der Waals surface area contributed by atoms with Crippen molar-refractivity contribution in [3.63, 3.8) is 0 Å². The van der Waals surface area contributed by atoms with Crippen molar-refractivity contribution in [2.45, 2.75) is 13.7 Å². The minimum atomic E-state index is -1.72. The fourth-order valence-electron chi connectivity index (χ4n) is 1.88. The Morgan fingerprint density at radius 1 is 0.909 bits per heavy atom. The van der Waals surface area contributed by atoms with Gasteiger partial charge in [0.15, 0.2) is 0 Å². The van der Waals surface area contributed by atoms with Crippen LogP contribution in [0.25, 0.3) is 11.0 Å². The highest BCUT2D eigenvalue weighted by molar-refractivity contribution is 7.99. The molecule has 0 N–H and O–H groups in total. The predicted octanol–water partition coefficient (Wildman–Crippen LogP) is 5.75. The maximum Gasteiger partial charge on any atom is 0.235 e. The Labute approximate surface area is 145 Å². The number of nitrogens with zero attached hydrogens (tertiary/aromatic N) is 2. The lowest BCUT2D eigenvalue weighted by Gasteiger charge is -2.15. The molecule has 0 bridgehead atoms. The average Bonchev–Trinajstić information content (AvgIpc) is 2.45. The van der Waals surface area contributed by atoms with Gasteiger partial charge in [0.1, 0.15) is 16.5 Å². The van der Waals surface area contributed by atoms with Gasteiger partial charge in [0.2, 0.25) is 3.79 Å². The third-order valence-electron chi connectivity index (χ3n) is 2.82. The summed E-state index contributed by atoms with van der Waals surface area (Å²) in [7, 11) is 0. The number of hydrogen-bond donors (Lipinski definition) is 0. The van der Waals surface area contributed by atoms with Crippen LogP contribution in [0.2, 0.25) is 0 Å². The quantitative estimate of drug-likeness (QED) is 0.535. The van der Waals surface area contributed by atoms with Crippen molar-refractivity contribution in [1.29, 1.82) is 0 Å². The van der Waals surface area contributed by atoms with Crippen LogP contribution in [0.5, 0.6) is 0 Å². The van der Waals surface area contributed by atoms with E-state index in [2.05, 4.69) is 9.97 Å². The van der Waals surface area contributed by atoms with Gasteiger partial charge in [0.05, 0.1) is 11.0 Å². The van der Waals surface area contributed by atoms with Crippen LogP contribution in [0.4, 0.5) is 4.39 Å². The topological polar surface area (TPSA) is 25.8 Å². The van der Waals surface area contributed by atoms with Gasteiger partial charge in [0, 0.05) is 4.90 Å². The fourth-order valence-corrected chi connectivity index (χ4v) is 3.43. The van der Waals surface area contributed by atoms with E-state index in [1.807, 2.05) is 18.2 Å². The van der Waals surface area contributed by atoms with Gasteiger partial charge in [-0.15, -0.1) is 0 Å². The Bertz CT molecular complexity index is 836. The van der Waals surface area contributed by atoms with Gasteiger partial charge < -0.3 is 0 Å². The lowest BCUT2D eigenvalue weighted by Crippen LogP contribution is -2.08. The second-order valence-electron chi connectivity index (χ2n) is 4.42.